The number of anilines is 1. The standard InChI is InChI=1S/C34H48N4O7S.ClH/c1-5-6-15-38-32(40)29(30(39)26-11-18-44-19-12-26)35-33(41)34(38)13-16-37(17-14-34)22-25-7-9-28(10-8-25)45-31-23(2)20-27(21-24(31)3)36-46(4,42)43;/h7-10,20-21,26,29-30,36,39H,5-6,11-19,22H2,1-4H3,(H,35,41);1H/t29-,30-;/m1./s1. The average molecular weight is 693 g/mol. The topological polar surface area (TPSA) is 138 Å². The van der Waals surface area contributed by atoms with E-state index >= 15 is 0 Å². The number of carbonyl (C=O) groups excluding carboxylic acids is 2. The Morgan fingerprint density at radius 2 is 1.70 bits per heavy atom. The van der Waals surface area contributed by atoms with Crippen LogP contribution >= 0.6 is 12.4 Å². The fourth-order valence-electron chi connectivity index (χ4n) is 7.04. The zero-order valence-corrected chi connectivity index (χ0v) is 29.4. The van der Waals surface area contributed by atoms with Crippen LogP contribution in [0.2, 0.25) is 0 Å². The van der Waals surface area contributed by atoms with Crippen molar-refractivity contribution in [3.8, 4) is 11.5 Å². The third-order valence-electron chi connectivity index (χ3n) is 9.58. The third-order valence-corrected chi connectivity index (χ3v) is 10.2. The summed E-state index contributed by atoms with van der Waals surface area (Å²) < 4.78 is 37.4. The minimum atomic E-state index is -3.37. The molecule has 13 heteroatoms. The van der Waals surface area contributed by atoms with Crippen molar-refractivity contribution in [3.05, 3.63) is 53.1 Å². The lowest BCUT2D eigenvalue weighted by Gasteiger charge is -2.52. The van der Waals surface area contributed by atoms with E-state index in [1.165, 1.54) is 0 Å². The number of sulfonamides is 1. The molecule has 0 unspecified atom stereocenters. The van der Waals surface area contributed by atoms with E-state index in [1.807, 2.05) is 38.1 Å². The molecular weight excluding hydrogens is 644 g/mol. The van der Waals surface area contributed by atoms with Gasteiger partial charge in [-0.05, 0) is 92.8 Å². The van der Waals surface area contributed by atoms with Gasteiger partial charge in [-0.3, -0.25) is 19.2 Å². The first-order chi connectivity index (χ1) is 21.9. The highest BCUT2D eigenvalue weighted by Crippen LogP contribution is 2.36. The van der Waals surface area contributed by atoms with Gasteiger partial charge in [0.2, 0.25) is 21.8 Å². The van der Waals surface area contributed by atoms with Gasteiger partial charge in [0.15, 0.2) is 0 Å². The molecule has 11 nitrogen and oxygen atoms in total. The van der Waals surface area contributed by atoms with Crippen LogP contribution in [0.5, 0.6) is 11.5 Å². The molecule has 3 N–H and O–H groups in total. The van der Waals surface area contributed by atoms with Crippen LogP contribution in [0, 0.1) is 19.8 Å². The van der Waals surface area contributed by atoms with Gasteiger partial charge in [0, 0.05) is 45.1 Å². The van der Waals surface area contributed by atoms with Crippen LogP contribution in [0.4, 0.5) is 5.69 Å². The molecule has 3 fully saturated rings. The lowest BCUT2D eigenvalue weighted by molar-refractivity contribution is -0.166. The molecule has 0 radical (unpaired) electrons. The van der Waals surface area contributed by atoms with Crippen molar-refractivity contribution in [1.29, 1.82) is 0 Å². The number of unbranched alkanes of at least 4 members (excludes halogenated alkanes) is 1. The SMILES string of the molecule is CCCCN1C(=O)[C@@H]([C@H](O)C2CCOCC2)NC(=O)C12CCN(Cc1ccc(Oc3c(C)cc(NS(C)(=O)=O)cc3C)cc1)CC2.Cl. The maximum atomic E-state index is 13.9. The molecule has 2 amide bonds. The summed E-state index contributed by atoms with van der Waals surface area (Å²) in [6.07, 6.45) is 4.36. The molecule has 3 aliphatic heterocycles. The minimum Gasteiger partial charge on any atom is -0.457 e. The lowest BCUT2D eigenvalue weighted by atomic mass is 9.79. The summed E-state index contributed by atoms with van der Waals surface area (Å²) in [6.45, 7) is 9.51. The number of piperazine rings is 1. The molecule has 2 aromatic carbocycles. The minimum absolute atomic E-state index is 0. The smallest absolute Gasteiger partial charge is 0.248 e. The lowest BCUT2D eigenvalue weighted by Crippen LogP contribution is -2.75. The van der Waals surface area contributed by atoms with Gasteiger partial charge in [-0.1, -0.05) is 25.5 Å². The van der Waals surface area contributed by atoms with Gasteiger partial charge in [-0.25, -0.2) is 8.42 Å². The van der Waals surface area contributed by atoms with Crippen LogP contribution in [0.1, 0.15) is 62.1 Å². The second-order valence-corrected chi connectivity index (χ2v) is 14.9. The number of benzene rings is 2. The van der Waals surface area contributed by atoms with E-state index in [0.29, 0.717) is 82.3 Å². The number of aliphatic hydroxyl groups is 1. The molecule has 0 bridgehead atoms. The van der Waals surface area contributed by atoms with Gasteiger partial charge in [-0.15, -0.1) is 12.4 Å². The second kappa shape index (κ2) is 15.5. The Balaban J connectivity index is 0.00000500. The van der Waals surface area contributed by atoms with Crippen LogP contribution in [0.15, 0.2) is 36.4 Å². The van der Waals surface area contributed by atoms with Crippen LogP contribution in [0.3, 0.4) is 0 Å². The zero-order chi connectivity index (χ0) is 33.1. The number of amides is 2. The number of nitrogens with one attached hydrogen (secondary N) is 2. The van der Waals surface area contributed by atoms with E-state index in [2.05, 4.69) is 21.9 Å². The molecule has 0 aromatic heterocycles. The molecule has 0 saturated carbocycles. The maximum absolute atomic E-state index is 13.9. The molecule has 5 rings (SSSR count). The van der Waals surface area contributed by atoms with Crippen molar-refractivity contribution in [1.82, 2.24) is 15.1 Å². The number of halogens is 1. The maximum Gasteiger partial charge on any atom is 0.248 e. The summed E-state index contributed by atoms with van der Waals surface area (Å²) in [7, 11) is -3.37. The number of aryl methyl sites for hydroxylation is 2. The van der Waals surface area contributed by atoms with Crippen molar-refractivity contribution in [2.24, 2.45) is 5.92 Å². The largest absolute Gasteiger partial charge is 0.457 e. The van der Waals surface area contributed by atoms with Crippen molar-refractivity contribution in [2.45, 2.75) is 83.5 Å². The quantitative estimate of drug-likeness (QED) is 0.320. The van der Waals surface area contributed by atoms with Crippen molar-refractivity contribution in [2.75, 3.05) is 43.8 Å². The Kier molecular flexibility index (Phi) is 12.2. The van der Waals surface area contributed by atoms with E-state index in [9.17, 15) is 23.1 Å². The highest BCUT2D eigenvalue weighted by atomic mass is 35.5. The summed E-state index contributed by atoms with van der Waals surface area (Å²) in [4.78, 5) is 31.7. The number of carbonyl (C=O) groups is 2. The summed E-state index contributed by atoms with van der Waals surface area (Å²) >= 11 is 0. The number of aliphatic hydroxyl groups excluding tert-OH is 1. The number of piperidine rings is 1. The predicted molar refractivity (Wildman–Crippen MR) is 183 cm³/mol. The molecule has 2 atom stereocenters. The number of hydrogen-bond acceptors (Lipinski definition) is 8. The van der Waals surface area contributed by atoms with Crippen molar-refractivity contribution < 1.29 is 32.6 Å². The molecule has 1 spiro atoms. The van der Waals surface area contributed by atoms with Crippen LogP contribution < -0.4 is 14.8 Å². The Bertz CT molecular complexity index is 1480. The van der Waals surface area contributed by atoms with Gasteiger partial charge >= 0.3 is 0 Å². The molecule has 47 heavy (non-hydrogen) atoms. The van der Waals surface area contributed by atoms with Gasteiger partial charge in [0.25, 0.3) is 0 Å². The van der Waals surface area contributed by atoms with Gasteiger partial charge in [0.05, 0.1) is 12.4 Å². The first kappa shape index (κ1) is 36.9. The molecule has 260 valence electrons. The third kappa shape index (κ3) is 8.58. The van der Waals surface area contributed by atoms with Gasteiger partial charge < -0.3 is 24.8 Å². The van der Waals surface area contributed by atoms with E-state index in [0.717, 1.165) is 35.8 Å². The molecule has 3 saturated heterocycles. The Hall–Kier alpha value is -2.90. The number of hydrogen-bond donors (Lipinski definition) is 3. The molecule has 0 aliphatic carbocycles. The fraction of sp³-hybridized carbons (Fsp3) is 0.588. The highest BCUT2D eigenvalue weighted by Gasteiger charge is 2.55. The molecular formula is C34H49ClN4O7S. The normalized spacial score (nSPS) is 21.2. The van der Waals surface area contributed by atoms with Crippen LogP contribution in [-0.2, 0) is 30.9 Å². The Morgan fingerprint density at radius 1 is 1.09 bits per heavy atom. The molecule has 2 aromatic rings. The number of rotatable bonds is 11. The second-order valence-electron chi connectivity index (χ2n) is 13.1. The highest BCUT2D eigenvalue weighted by molar-refractivity contribution is 7.92. The summed E-state index contributed by atoms with van der Waals surface area (Å²) in [5, 5.41) is 14.1. The summed E-state index contributed by atoms with van der Waals surface area (Å²) in [6, 6.07) is 10.5. The number of likely N-dealkylation sites (tertiary alicyclic amines) is 1. The van der Waals surface area contributed by atoms with E-state index in [4.69, 9.17) is 9.47 Å². The van der Waals surface area contributed by atoms with Crippen LogP contribution in [0.25, 0.3) is 0 Å². The first-order valence-corrected chi connectivity index (χ1v) is 18.3. The Labute approximate surface area is 284 Å². The van der Waals surface area contributed by atoms with Gasteiger partial charge in [0.1, 0.15) is 23.1 Å². The van der Waals surface area contributed by atoms with Crippen molar-refractivity contribution >= 4 is 39.9 Å². The predicted octanol–water partition coefficient (Wildman–Crippen LogP) is 4.14. The average Bonchev–Trinajstić information content (AvgIpc) is 3.02. The van der Waals surface area contributed by atoms with E-state index < -0.39 is 27.7 Å². The summed E-state index contributed by atoms with van der Waals surface area (Å²) in [5.41, 5.74) is 2.35. The number of nitrogens with zero attached hydrogens (tertiary/aromatic N) is 2. The first-order valence-electron chi connectivity index (χ1n) is 16.4. The monoisotopic (exact) mass is 692 g/mol. The van der Waals surface area contributed by atoms with Crippen LogP contribution in [-0.4, -0.2) is 91.9 Å². The van der Waals surface area contributed by atoms with Crippen molar-refractivity contribution in [3.63, 3.8) is 0 Å². The Morgan fingerprint density at radius 3 is 2.28 bits per heavy atom. The van der Waals surface area contributed by atoms with Gasteiger partial charge in [-0.2, -0.15) is 0 Å². The van der Waals surface area contributed by atoms with E-state index in [1.54, 1.807) is 17.0 Å². The number of ether oxygens (including phenoxy) is 2. The molecule has 3 aliphatic rings. The zero-order valence-electron chi connectivity index (χ0n) is 27.8. The summed E-state index contributed by atoms with van der Waals surface area (Å²) in [5.74, 6) is 0.983. The van der Waals surface area contributed by atoms with E-state index in [-0.39, 0.29) is 30.1 Å². The fourth-order valence-corrected chi connectivity index (χ4v) is 7.59. The molecule has 3 heterocycles.